The van der Waals surface area contributed by atoms with Crippen LogP contribution < -0.4 is 11.1 Å². The molecule has 5 unspecified atom stereocenters. The van der Waals surface area contributed by atoms with Gasteiger partial charge in [-0.1, -0.05) is 6.92 Å². The zero-order chi connectivity index (χ0) is 13.1. The summed E-state index contributed by atoms with van der Waals surface area (Å²) in [6.07, 6.45) is 6.26. The van der Waals surface area contributed by atoms with Crippen molar-refractivity contribution in [2.75, 3.05) is 7.11 Å². The van der Waals surface area contributed by atoms with E-state index in [1.165, 1.54) is 0 Å². The molecule has 104 valence electrons. The summed E-state index contributed by atoms with van der Waals surface area (Å²) in [4.78, 5) is 12.2. The number of carbonyl (C=O) groups is 1. The Labute approximate surface area is 110 Å². The van der Waals surface area contributed by atoms with E-state index in [9.17, 15) is 4.79 Å². The van der Waals surface area contributed by atoms with E-state index in [-0.39, 0.29) is 17.9 Å². The largest absolute Gasteiger partial charge is 0.381 e. The molecule has 5 atom stereocenters. The molecule has 0 saturated heterocycles. The highest BCUT2D eigenvalue weighted by atomic mass is 16.5. The van der Waals surface area contributed by atoms with Gasteiger partial charge in [-0.3, -0.25) is 4.79 Å². The molecule has 0 aromatic carbocycles. The standard InChI is InChI=1S/C14H26N2O2/c1-9-7-10(3-6-13(9)15)14(17)16-11-4-5-12(8-11)18-2/h9-13H,3-8,15H2,1-2H3,(H,16,17). The van der Waals surface area contributed by atoms with Gasteiger partial charge in [-0.2, -0.15) is 0 Å². The molecule has 2 aliphatic carbocycles. The van der Waals surface area contributed by atoms with Crippen LogP contribution in [-0.2, 0) is 9.53 Å². The first-order chi connectivity index (χ1) is 8.60. The monoisotopic (exact) mass is 254 g/mol. The lowest BCUT2D eigenvalue weighted by atomic mass is 9.79. The van der Waals surface area contributed by atoms with Gasteiger partial charge in [0.2, 0.25) is 5.91 Å². The summed E-state index contributed by atoms with van der Waals surface area (Å²) < 4.78 is 5.33. The van der Waals surface area contributed by atoms with Crippen molar-refractivity contribution >= 4 is 5.91 Å². The molecule has 4 nitrogen and oxygen atoms in total. The number of carbonyl (C=O) groups excluding carboxylic acids is 1. The third kappa shape index (κ3) is 3.23. The first-order valence-electron chi connectivity index (χ1n) is 7.19. The van der Waals surface area contributed by atoms with Gasteiger partial charge >= 0.3 is 0 Å². The Hall–Kier alpha value is -0.610. The van der Waals surface area contributed by atoms with Crippen LogP contribution in [0.2, 0.25) is 0 Å². The van der Waals surface area contributed by atoms with E-state index < -0.39 is 0 Å². The third-order valence-corrected chi connectivity index (χ3v) is 4.67. The van der Waals surface area contributed by atoms with Crippen LogP contribution in [0.15, 0.2) is 0 Å². The molecule has 18 heavy (non-hydrogen) atoms. The lowest BCUT2D eigenvalue weighted by Crippen LogP contribution is -2.43. The van der Waals surface area contributed by atoms with Crippen molar-refractivity contribution in [3.63, 3.8) is 0 Å². The average Bonchev–Trinajstić information content (AvgIpc) is 2.80. The van der Waals surface area contributed by atoms with E-state index in [1.807, 2.05) is 0 Å². The Kier molecular flexibility index (Phi) is 4.62. The van der Waals surface area contributed by atoms with Crippen molar-refractivity contribution in [1.82, 2.24) is 5.32 Å². The van der Waals surface area contributed by atoms with Gasteiger partial charge in [0.05, 0.1) is 6.10 Å². The van der Waals surface area contributed by atoms with Crippen molar-refractivity contribution < 1.29 is 9.53 Å². The fourth-order valence-electron chi connectivity index (χ4n) is 3.26. The van der Waals surface area contributed by atoms with Crippen LogP contribution in [0, 0.1) is 11.8 Å². The van der Waals surface area contributed by atoms with Gasteiger partial charge in [-0.15, -0.1) is 0 Å². The number of amides is 1. The van der Waals surface area contributed by atoms with Crippen LogP contribution in [0.4, 0.5) is 0 Å². The van der Waals surface area contributed by atoms with Crippen molar-refractivity contribution in [3.05, 3.63) is 0 Å². The second kappa shape index (κ2) is 6.02. The maximum atomic E-state index is 12.2. The van der Waals surface area contributed by atoms with Crippen LogP contribution in [0.25, 0.3) is 0 Å². The molecule has 4 heteroatoms. The van der Waals surface area contributed by atoms with Gasteiger partial charge in [0.1, 0.15) is 0 Å². The highest BCUT2D eigenvalue weighted by Crippen LogP contribution is 2.29. The summed E-state index contributed by atoms with van der Waals surface area (Å²) in [7, 11) is 1.75. The minimum atomic E-state index is 0.168. The van der Waals surface area contributed by atoms with E-state index >= 15 is 0 Å². The van der Waals surface area contributed by atoms with Crippen molar-refractivity contribution in [1.29, 1.82) is 0 Å². The number of nitrogens with one attached hydrogen (secondary N) is 1. The zero-order valence-corrected chi connectivity index (χ0v) is 11.5. The quantitative estimate of drug-likeness (QED) is 0.801. The minimum Gasteiger partial charge on any atom is -0.381 e. The number of rotatable bonds is 3. The molecule has 0 aromatic rings. The highest BCUT2D eigenvalue weighted by molar-refractivity contribution is 5.79. The average molecular weight is 254 g/mol. The Morgan fingerprint density at radius 1 is 1.22 bits per heavy atom. The topological polar surface area (TPSA) is 64.3 Å². The molecule has 0 bridgehead atoms. The summed E-state index contributed by atoms with van der Waals surface area (Å²) in [6.45, 7) is 2.15. The number of hydrogen-bond donors (Lipinski definition) is 2. The second-order valence-corrected chi connectivity index (χ2v) is 6.03. The predicted molar refractivity (Wildman–Crippen MR) is 71.1 cm³/mol. The van der Waals surface area contributed by atoms with Crippen LogP contribution >= 0.6 is 0 Å². The summed E-state index contributed by atoms with van der Waals surface area (Å²) in [6, 6.07) is 0.590. The van der Waals surface area contributed by atoms with Gasteiger partial charge in [0.25, 0.3) is 0 Å². The molecule has 3 N–H and O–H groups in total. The Morgan fingerprint density at radius 3 is 2.61 bits per heavy atom. The summed E-state index contributed by atoms with van der Waals surface area (Å²) in [5.74, 6) is 0.863. The Morgan fingerprint density at radius 2 is 2.00 bits per heavy atom. The van der Waals surface area contributed by atoms with E-state index in [0.29, 0.717) is 18.1 Å². The van der Waals surface area contributed by atoms with E-state index in [4.69, 9.17) is 10.5 Å². The zero-order valence-electron chi connectivity index (χ0n) is 11.5. The van der Waals surface area contributed by atoms with Crippen molar-refractivity contribution in [3.8, 4) is 0 Å². The molecule has 2 saturated carbocycles. The Bertz CT molecular complexity index is 296. The third-order valence-electron chi connectivity index (χ3n) is 4.67. The summed E-state index contributed by atoms with van der Waals surface area (Å²) >= 11 is 0. The molecule has 0 radical (unpaired) electrons. The van der Waals surface area contributed by atoms with Gasteiger partial charge < -0.3 is 15.8 Å². The maximum absolute atomic E-state index is 12.2. The molecule has 0 heterocycles. The molecule has 1 amide bonds. The number of methoxy groups -OCH3 is 1. The van der Waals surface area contributed by atoms with Crippen LogP contribution in [0.5, 0.6) is 0 Å². The molecular formula is C14H26N2O2. The molecule has 0 aliphatic heterocycles. The SMILES string of the molecule is COC1CCC(NC(=O)C2CCC(N)C(C)C2)C1. The van der Waals surface area contributed by atoms with E-state index in [0.717, 1.165) is 38.5 Å². The first kappa shape index (κ1) is 13.8. The van der Waals surface area contributed by atoms with Gasteiger partial charge in [0, 0.05) is 25.1 Å². The van der Waals surface area contributed by atoms with Crippen LogP contribution in [0.3, 0.4) is 0 Å². The summed E-state index contributed by atoms with van der Waals surface area (Å²) in [5, 5.41) is 3.19. The maximum Gasteiger partial charge on any atom is 0.223 e. The molecule has 0 aromatic heterocycles. The molecule has 0 spiro atoms. The molecule has 2 fully saturated rings. The first-order valence-corrected chi connectivity index (χ1v) is 7.19. The van der Waals surface area contributed by atoms with Gasteiger partial charge in [0.15, 0.2) is 0 Å². The van der Waals surface area contributed by atoms with Crippen LogP contribution in [-0.4, -0.2) is 31.2 Å². The fraction of sp³-hybridized carbons (Fsp3) is 0.929. The van der Waals surface area contributed by atoms with Crippen LogP contribution in [0.1, 0.15) is 45.4 Å². The second-order valence-electron chi connectivity index (χ2n) is 6.03. The molecule has 2 rings (SSSR count). The molecular weight excluding hydrogens is 228 g/mol. The van der Waals surface area contributed by atoms with Crippen molar-refractivity contribution in [2.45, 2.75) is 63.6 Å². The lowest BCUT2D eigenvalue weighted by molar-refractivity contribution is -0.127. The van der Waals surface area contributed by atoms with E-state index in [2.05, 4.69) is 12.2 Å². The van der Waals surface area contributed by atoms with Gasteiger partial charge in [-0.25, -0.2) is 0 Å². The number of ether oxygens (including phenoxy) is 1. The fourth-order valence-corrected chi connectivity index (χ4v) is 3.26. The summed E-state index contributed by atoms with van der Waals surface area (Å²) in [5.41, 5.74) is 5.99. The smallest absolute Gasteiger partial charge is 0.223 e. The number of hydrogen-bond acceptors (Lipinski definition) is 3. The van der Waals surface area contributed by atoms with Gasteiger partial charge in [-0.05, 0) is 44.4 Å². The highest BCUT2D eigenvalue weighted by Gasteiger charge is 2.32. The lowest BCUT2D eigenvalue weighted by Gasteiger charge is -2.31. The minimum absolute atomic E-state index is 0.168. The predicted octanol–water partition coefficient (Wildman–Crippen LogP) is 1.43. The normalized spacial score (nSPS) is 40.7. The Balaban J connectivity index is 1.78. The molecule has 2 aliphatic rings. The van der Waals surface area contributed by atoms with E-state index in [1.54, 1.807) is 7.11 Å². The number of nitrogens with two attached hydrogens (primary N) is 1. The van der Waals surface area contributed by atoms with Crippen molar-refractivity contribution in [2.24, 2.45) is 17.6 Å².